The maximum Gasteiger partial charge on any atom is 0.0568 e. The smallest absolute Gasteiger partial charge is 0.0568 e. The number of benzene rings is 1. The van der Waals surface area contributed by atoms with Gasteiger partial charge in [-0.05, 0) is 30.0 Å². The number of hydrogen-bond acceptors (Lipinski definition) is 1. The lowest BCUT2D eigenvalue weighted by molar-refractivity contribution is 0.768. The molecule has 0 bridgehead atoms. The largest absolute Gasteiger partial charge is 0.359 e. The van der Waals surface area contributed by atoms with E-state index in [0.717, 1.165) is 5.56 Å². The van der Waals surface area contributed by atoms with Gasteiger partial charge in [0.25, 0.3) is 0 Å². The number of H-pyrrole nitrogens is 1. The number of nitrogens with zero attached hydrogens (tertiary/aromatic N) is 2. The van der Waals surface area contributed by atoms with Crippen molar-refractivity contribution in [2.75, 3.05) is 0 Å². The Balaban J connectivity index is 2.17. The van der Waals surface area contributed by atoms with Crippen LogP contribution in [0.15, 0.2) is 36.7 Å². The highest BCUT2D eigenvalue weighted by atomic mass is 15.2. The zero-order chi connectivity index (χ0) is 11.1. The van der Waals surface area contributed by atoms with Crippen LogP contribution in [0.25, 0.3) is 22.0 Å². The zero-order valence-electron chi connectivity index (χ0n) is 9.36. The highest BCUT2D eigenvalue weighted by molar-refractivity contribution is 5.85. The zero-order valence-corrected chi connectivity index (χ0v) is 9.36. The van der Waals surface area contributed by atoms with Crippen molar-refractivity contribution in [2.24, 2.45) is 7.05 Å². The fraction of sp³-hybridized carbons (Fsp3) is 0.154. The molecule has 0 amide bonds. The van der Waals surface area contributed by atoms with Crippen LogP contribution in [0.4, 0.5) is 0 Å². The molecule has 16 heavy (non-hydrogen) atoms. The van der Waals surface area contributed by atoms with Gasteiger partial charge in [-0.1, -0.05) is 12.1 Å². The summed E-state index contributed by atoms with van der Waals surface area (Å²) >= 11 is 0. The number of hydrogen-bond donors (Lipinski definition) is 1. The van der Waals surface area contributed by atoms with Crippen molar-refractivity contribution < 1.29 is 0 Å². The van der Waals surface area contributed by atoms with Crippen LogP contribution in [0.5, 0.6) is 0 Å². The molecule has 80 valence electrons. The van der Waals surface area contributed by atoms with E-state index < -0.39 is 0 Å². The second-order valence-corrected chi connectivity index (χ2v) is 4.16. The van der Waals surface area contributed by atoms with Gasteiger partial charge in [0.2, 0.25) is 0 Å². The molecular formula is C13H13N3. The van der Waals surface area contributed by atoms with E-state index in [-0.39, 0.29) is 0 Å². The van der Waals surface area contributed by atoms with E-state index in [2.05, 4.69) is 41.3 Å². The number of fused-ring (bicyclic) bond motifs is 1. The summed E-state index contributed by atoms with van der Waals surface area (Å²) in [4.78, 5) is 3.35. The van der Waals surface area contributed by atoms with Gasteiger partial charge >= 0.3 is 0 Å². The van der Waals surface area contributed by atoms with E-state index in [1.807, 2.05) is 24.1 Å². The van der Waals surface area contributed by atoms with E-state index in [1.54, 1.807) is 0 Å². The molecule has 3 rings (SSSR count). The molecule has 3 heteroatoms. The molecule has 3 nitrogen and oxygen atoms in total. The van der Waals surface area contributed by atoms with Crippen LogP contribution in [-0.2, 0) is 7.05 Å². The van der Waals surface area contributed by atoms with Crippen molar-refractivity contribution in [1.29, 1.82) is 0 Å². The van der Waals surface area contributed by atoms with E-state index in [0.29, 0.717) is 0 Å². The maximum atomic E-state index is 4.18. The fourth-order valence-corrected chi connectivity index (χ4v) is 2.02. The van der Waals surface area contributed by atoms with Gasteiger partial charge in [0.15, 0.2) is 0 Å². The Labute approximate surface area is 93.7 Å². The van der Waals surface area contributed by atoms with Crippen LogP contribution >= 0.6 is 0 Å². The SMILES string of the molecule is Cc1cc2ccc(-c3cnn(C)c3)cc2[nH]1. The first kappa shape index (κ1) is 9.21. The van der Waals surface area contributed by atoms with Gasteiger partial charge in [-0.3, -0.25) is 4.68 Å². The Morgan fingerprint density at radius 2 is 2.06 bits per heavy atom. The topological polar surface area (TPSA) is 33.6 Å². The van der Waals surface area contributed by atoms with E-state index in [9.17, 15) is 0 Å². The average Bonchev–Trinajstić information content (AvgIpc) is 2.81. The second-order valence-electron chi connectivity index (χ2n) is 4.16. The molecule has 0 aliphatic rings. The van der Waals surface area contributed by atoms with Crippen molar-refractivity contribution in [1.82, 2.24) is 14.8 Å². The summed E-state index contributed by atoms with van der Waals surface area (Å²) in [5.74, 6) is 0. The summed E-state index contributed by atoms with van der Waals surface area (Å²) in [6.07, 6.45) is 3.91. The third-order valence-electron chi connectivity index (χ3n) is 2.80. The number of rotatable bonds is 1. The number of aryl methyl sites for hydroxylation is 2. The Bertz CT molecular complexity index is 646. The predicted molar refractivity (Wildman–Crippen MR) is 65.2 cm³/mol. The van der Waals surface area contributed by atoms with Crippen LogP contribution in [0.1, 0.15) is 5.69 Å². The minimum atomic E-state index is 1.15. The quantitative estimate of drug-likeness (QED) is 0.659. The van der Waals surface area contributed by atoms with Crippen molar-refractivity contribution in [2.45, 2.75) is 6.92 Å². The molecule has 0 spiro atoms. The summed E-state index contributed by atoms with van der Waals surface area (Å²) in [7, 11) is 1.93. The van der Waals surface area contributed by atoms with Crippen LogP contribution in [0.3, 0.4) is 0 Å². The molecule has 0 radical (unpaired) electrons. The highest BCUT2D eigenvalue weighted by Gasteiger charge is 2.03. The van der Waals surface area contributed by atoms with Gasteiger partial charge in [0, 0.05) is 30.0 Å². The Morgan fingerprint density at radius 3 is 2.81 bits per heavy atom. The van der Waals surface area contributed by atoms with Gasteiger partial charge < -0.3 is 4.98 Å². The van der Waals surface area contributed by atoms with Crippen molar-refractivity contribution in [3.63, 3.8) is 0 Å². The fourth-order valence-electron chi connectivity index (χ4n) is 2.02. The molecule has 1 N–H and O–H groups in total. The van der Waals surface area contributed by atoms with E-state index in [1.165, 1.54) is 22.2 Å². The summed E-state index contributed by atoms with van der Waals surface area (Å²) < 4.78 is 1.82. The first-order chi connectivity index (χ1) is 7.72. The first-order valence-corrected chi connectivity index (χ1v) is 5.31. The average molecular weight is 211 g/mol. The lowest BCUT2D eigenvalue weighted by atomic mass is 10.1. The molecule has 3 aromatic rings. The molecule has 0 unspecified atom stereocenters. The summed E-state index contributed by atoms with van der Waals surface area (Å²) in [6, 6.07) is 8.59. The molecule has 0 saturated heterocycles. The second kappa shape index (κ2) is 3.23. The van der Waals surface area contributed by atoms with Gasteiger partial charge in [-0.15, -0.1) is 0 Å². The van der Waals surface area contributed by atoms with Crippen LogP contribution < -0.4 is 0 Å². The molecule has 0 saturated carbocycles. The molecular weight excluding hydrogens is 198 g/mol. The van der Waals surface area contributed by atoms with Crippen molar-refractivity contribution in [3.05, 3.63) is 42.4 Å². The number of aromatic amines is 1. The molecule has 2 aromatic heterocycles. The lowest BCUT2D eigenvalue weighted by Gasteiger charge is -1.97. The van der Waals surface area contributed by atoms with Crippen molar-refractivity contribution >= 4 is 10.9 Å². The predicted octanol–water partition coefficient (Wildman–Crippen LogP) is 2.88. The highest BCUT2D eigenvalue weighted by Crippen LogP contribution is 2.24. The normalized spacial score (nSPS) is 11.1. The van der Waals surface area contributed by atoms with E-state index >= 15 is 0 Å². The van der Waals surface area contributed by atoms with Crippen LogP contribution in [0, 0.1) is 6.92 Å². The standard InChI is InChI=1S/C13H13N3/c1-9-5-11-4-3-10(6-13(11)15-9)12-7-14-16(2)8-12/h3-8,15H,1-2H3. The molecule has 0 aliphatic carbocycles. The van der Waals surface area contributed by atoms with Gasteiger partial charge in [0.05, 0.1) is 6.20 Å². The summed E-state index contributed by atoms with van der Waals surface area (Å²) in [5, 5.41) is 5.44. The minimum absolute atomic E-state index is 1.15. The summed E-state index contributed by atoms with van der Waals surface area (Å²) in [6.45, 7) is 2.07. The van der Waals surface area contributed by atoms with E-state index in [4.69, 9.17) is 0 Å². The molecule has 0 atom stereocenters. The van der Waals surface area contributed by atoms with Crippen molar-refractivity contribution in [3.8, 4) is 11.1 Å². The number of nitrogens with one attached hydrogen (secondary N) is 1. The third kappa shape index (κ3) is 1.41. The number of aromatic nitrogens is 3. The Kier molecular flexibility index (Phi) is 1.86. The Morgan fingerprint density at radius 1 is 1.19 bits per heavy atom. The molecule has 2 heterocycles. The van der Waals surface area contributed by atoms with Crippen LogP contribution in [0.2, 0.25) is 0 Å². The first-order valence-electron chi connectivity index (χ1n) is 5.31. The molecule has 0 fully saturated rings. The maximum absolute atomic E-state index is 4.18. The van der Waals surface area contributed by atoms with Gasteiger partial charge in [-0.2, -0.15) is 5.10 Å². The van der Waals surface area contributed by atoms with Gasteiger partial charge in [0.1, 0.15) is 0 Å². The monoisotopic (exact) mass is 211 g/mol. The lowest BCUT2D eigenvalue weighted by Crippen LogP contribution is -1.84. The summed E-state index contributed by atoms with van der Waals surface area (Å²) in [5.41, 5.74) is 4.72. The van der Waals surface area contributed by atoms with Gasteiger partial charge in [-0.25, -0.2) is 0 Å². The minimum Gasteiger partial charge on any atom is -0.359 e. The molecule has 0 aliphatic heterocycles. The third-order valence-corrected chi connectivity index (χ3v) is 2.80. The molecule has 1 aromatic carbocycles. The Hall–Kier alpha value is -2.03. The van der Waals surface area contributed by atoms with Crippen LogP contribution in [-0.4, -0.2) is 14.8 Å².